The lowest BCUT2D eigenvalue weighted by Gasteiger charge is -2.24. The van der Waals surface area contributed by atoms with Gasteiger partial charge in [-0.2, -0.15) is 5.26 Å². The van der Waals surface area contributed by atoms with Crippen LogP contribution in [-0.2, 0) is 5.41 Å². The van der Waals surface area contributed by atoms with Crippen LogP contribution in [0.5, 0.6) is 0 Å². The van der Waals surface area contributed by atoms with E-state index in [4.69, 9.17) is 5.26 Å². The molecule has 1 N–H and O–H groups in total. The zero-order valence-corrected chi connectivity index (χ0v) is 12.2. The minimum Gasteiger partial charge on any atom is -0.369 e. The fraction of sp³-hybridized carbons (Fsp3) is 0.333. The molecule has 0 bridgehead atoms. The van der Waals surface area contributed by atoms with Crippen molar-refractivity contribution in [2.24, 2.45) is 0 Å². The van der Waals surface area contributed by atoms with Crippen molar-refractivity contribution < 1.29 is 0 Å². The summed E-state index contributed by atoms with van der Waals surface area (Å²) in [5.74, 6) is 0.756. The molecular weight excluding hydrogens is 254 g/mol. The van der Waals surface area contributed by atoms with Crippen LogP contribution in [0.2, 0.25) is 0 Å². The number of nitrogens with zero attached hydrogens (tertiary/aromatic N) is 2. The van der Waals surface area contributed by atoms with Crippen molar-refractivity contribution in [2.45, 2.75) is 26.2 Å². The standard InChI is InChI=1S/C15H17N3S/c1-11-6-7-14(18-12(11)9-16)17-10-15(2,3)13-5-4-8-19-13/h4-8H,10H2,1-3H3,(H,17,18). The smallest absolute Gasteiger partial charge is 0.145 e. The average molecular weight is 271 g/mol. The maximum Gasteiger partial charge on any atom is 0.145 e. The van der Waals surface area contributed by atoms with E-state index < -0.39 is 0 Å². The van der Waals surface area contributed by atoms with E-state index in [0.29, 0.717) is 5.69 Å². The first-order valence-electron chi connectivity index (χ1n) is 6.18. The highest BCUT2D eigenvalue weighted by Gasteiger charge is 2.21. The van der Waals surface area contributed by atoms with E-state index in [1.54, 1.807) is 11.3 Å². The predicted molar refractivity (Wildman–Crippen MR) is 79.5 cm³/mol. The van der Waals surface area contributed by atoms with Gasteiger partial charge in [0.25, 0.3) is 0 Å². The van der Waals surface area contributed by atoms with E-state index in [1.807, 2.05) is 19.1 Å². The van der Waals surface area contributed by atoms with Crippen molar-refractivity contribution in [3.63, 3.8) is 0 Å². The fourth-order valence-corrected chi connectivity index (χ4v) is 2.65. The number of thiophene rings is 1. The molecule has 0 aliphatic rings. The number of nitriles is 1. The van der Waals surface area contributed by atoms with Crippen molar-refractivity contribution >= 4 is 17.2 Å². The SMILES string of the molecule is Cc1ccc(NCC(C)(C)c2cccs2)nc1C#N. The van der Waals surface area contributed by atoms with Gasteiger partial charge in [-0.3, -0.25) is 0 Å². The number of rotatable bonds is 4. The van der Waals surface area contributed by atoms with Crippen molar-refractivity contribution in [2.75, 3.05) is 11.9 Å². The summed E-state index contributed by atoms with van der Waals surface area (Å²) in [5, 5.41) is 14.4. The first kappa shape index (κ1) is 13.6. The van der Waals surface area contributed by atoms with Gasteiger partial charge in [0.2, 0.25) is 0 Å². The molecule has 0 radical (unpaired) electrons. The molecule has 2 aromatic rings. The van der Waals surface area contributed by atoms with E-state index in [9.17, 15) is 0 Å². The first-order chi connectivity index (χ1) is 9.03. The van der Waals surface area contributed by atoms with Crippen LogP contribution in [0.25, 0.3) is 0 Å². The Kier molecular flexibility index (Phi) is 3.87. The second-order valence-electron chi connectivity index (χ2n) is 5.19. The lowest BCUT2D eigenvalue weighted by molar-refractivity contribution is 0.568. The summed E-state index contributed by atoms with van der Waals surface area (Å²) in [4.78, 5) is 5.65. The first-order valence-corrected chi connectivity index (χ1v) is 7.06. The van der Waals surface area contributed by atoms with Crippen LogP contribution in [0.1, 0.15) is 30.0 Å². The Bertz CT molecular complexity index is 594. The van der Waals surface area contributed by atoms with Gasteiger partial charge in [0.05, 0.1) is 0 Å². The van der Waals surface area contributed by atoms with Crippen LogP contribution in [0.15, 0.2) is 29.6 Å². The molecule has 0 aromatic carbocycles. The minimum atomic E-state index is 0.0491. The molecule has 0 fully saturated rings. The number of aromatic nitrogens is 1. The van der Waals surface area contributed by atoms with Gasteiger partial charge < -0.3 is 5.32 Å². The Morgan fingerprint density at radius 2 is 2.16 bits per heavy atom. The van der Waals surface area contributed by atoms with Crippen LogP contribution in [0.3, 0.4) is 0 Å². The molecule has 0 atom stereocenters. The molecule has 2 rings (SSSR count). The monoisotopic (exact) mass is 271 g/mol. The van der Waals surface area contributed by atoms with Gasteiger partial charge in [0, 0.05) is 16.8 Å². The lowest BCUT2D eigenvalue weighted by Crippen LogP contribution is -2.26. The normalized spacial score (nSPS) is 11.1. The Morgan fingerprint density at radius 1 is 1.37 bits per heavy atom. The maximum absolute atomic E-state index is 8.98. The van der Waals surface area contributed by atoms with E-state index >= 15 is 0 Å². The second-order valence-corrected chi connectivity index (χ2v) is 6.14. The number of pyridine rings is 1. The molecule has 2 heterocycles. The topological polar surface area (TPSA) is 48.7 Å². The molecule has 0 saturated carbocycles. The minimum absolute atomic E-state index is 0.0491. The van der Waals surface area contributed by atoms with Crippen LogP contribution in [0.4, 0.5) is 5.82 Å². The highest BCUT2D eigenvalue weighted by Crippen LogP contribution is 2.27. The number of anilines is 1. The van der Waals surface area contributed by atoms with Crippen LogP contribution in [0, 0.1) is 18.3 Å². The van der Waals surface area contributed by atoms with Crippen molar-refractivity contribution in [1.82, 2.24) is 4.98 Å². The third-order valence-electron chi connectivity index (χ3n) is 3.10. The molecule has 0 unspecified atom stereocenters. The molecule has 4 heteroatoms. The molecule has 0 saturated heterocycles. The molecule has 0 spiro atoms. The third kappa shape index (κ3) is 3.12. The summed E-state index contributed by atoms with van der Waals surface area (Å²) >= 11 is 1.76. The molecule has 0 aliphatic heterocycles. The van der Waals surface area contributed by atoms with Gasteiger partial charge in [-0.15, -0.1) is 11.3 Å². The van der Waals surface area contributed by atoms with Gasteiger partial charge in [-0.05, 0) is 30.0 Å². The highest BCUT2D eigenvalue weighted by molar-refractivity contribution is 7.10. The highest BCUT2D eigenvalue weighted by atomic mass is 32.1. The van der Waals surface area contributed by atoms with Crippen LogP contribution < -0.4 is 5.32 Å². The van der Waals surface area contributed by atoms with Crippen molar-refractivity contribution in [1.29, 1.82) is 5.26 Å². The molecule has 98 valence electrons. The Labute approximate surface area is 117 Å². The summed E-state index contributed by atoms with van der Waals surface area (Å²) in [6.45, 7) is 7.08. The zero-order valence-electron chi connectivity index (χ0n) is 11.4. The van der Waals surface area contributed by atoms with Crippen LogP contribution in [-0.4, -0.2) is 11.5 Å². The van der Waals surface area contributed by atoms with Gasteiger partial charge >= 0.3 is 0 Å². The fourth-order valence-electron chi connectivity index (χ4n) is 1.80. The molecule has 0 amide bonds. The van der Waals surface area contributed by atoms with Gasteiger partial charge in [-0.25, -0.2) is 4.98 Å². The number of hydrogen-bond donors (Lipinski definition) is 1. The van der Waals surface area contributed by atoms with E-state index in [0.717, 1.165) is 17.9 Å². The molecule has 2 aromatic heterocycles. The number of aryl methyl sites for hydroxylation is 1. The molecule has 19 heavy (non-hydrogen) atoms. The van der Waals surface area contributed by atoms with E-state index in [2.05, 4.69) is 47.7 Å². The van der Waals surface area contributed by atoms with E-state index in [1.165, 1.54) is 4.88 Å². The average Bonchev–Trinajstić information content (AvgIpc) is 2.92. The summed E-state index contributed by atoms with van der Waals surface area (Å²) in [7, 11) is 0. The number of hydrogen-bond acceptors (Lipinski definition) is 4. The maximum atomic E-state index is 8.98. The summed E-state index contributed by atoms with van der Waals surface area (Å²) < 4.78 is 0. The van der Waals surface area contributed by atoms with Gasteiger partial charge in [-0.1, -0.05) is 26.0 Å². The largest absolute Gasteiger partial charge is 0.369 e. The third-order valence-corrected chi connectivity index (χ3v) is 4.34. The lowest BCUT2D eigenvalue weighted by atomic mass is 9.91. The summed E-state index contributed by atoms with van der Waals surface area (Å²) in [6.07, 6.45) is 0. The quantitative estimate of drug-likeness (QED) is 0.922. The van der Waals surface area contributed by atoms with Crippen molar-refractivity contribution in [3.05, 3.63) is 45.8 Å². The van der Waals surface area contributed by atoms with Crippen LogP contribution >= 0.6 is 11.3 Å². The molecule has 0 aliphatic carbocycles. The Hall–Kier alpha value is -1.86. The predicted octanol–water partition coefficient (Wildman–Crippen LogP) is 3.71. The van der Waals surface area contributed by atoms with Gasteiger partial charge in [0.1, 0.15) is 17.6 Å². The van der Waals surface area contributed by atoms with Gasteiger partial charge in [0.15, 0.2) is 0 Å². The van der Waals surface area contributed by atoms with Crippen molar-refractivity contribution in [3.8, 4) is 6.07 Å². The number of nitrogens with one attached hydrogen (secondary N) is 1. The Morgan fingerprint density at radius 3 is 2.79 bits per heavy atom. The summed E-state index contributed by atoms with van der Waals surface area (Å²) in [6, 6.07) is 10.2. The molecular formula is C15H17N3S. The Balaban J connectivity index is 2.09. The summed E-state index contributed by atoms with van der Waals surface area (Å²) in [5.41, 5.74) is 1.44. The van der Waals surface area contributed by atoms with E-state index in [-0.39, 0.29) is 5.41 Å². The second kappa shape index (κ2) is 5.41. The zero-order chi connectivity index (χ0) is 13.9. The molecule has 3 nitrogen and oxygen atoms in total.